The Hall–Kier alpha value is -1.84. The summed E-state index contributed by atoms with van der Waals surface area (Å²) in [6.45, 7) is 2.27. The molecule has 1 amide bonds. The lowest BCUT2D eigenvalue weighted by Gasteiger charge is -2.41. The van der Waals surface area contributed by atoms with Gasteiger partial charge in [0.25, 0.3) is 5.91 Å². The summed E-state index contributed by atoms with van der Waals surface area (Å²) in [7, 11) is 0. The van der Waals surface area contributed by atoms with Gasteiger partial charge in [0.15, 0.2) is 0 Å². The zero-order valence-corrected chi connectivity index (χ0v) is 15.9. The molecule has 4 nitrogen and oxygen atoms in total. The maximum absolute atomic E-state index is 13.4. The first-order valence-corrected chi connectivity index (χ1v) is 10.2. The van der Waals surface area contributed by atoms with Crippen LogP contribution in [-0.2, 0) is 9.53 Å². The number of nitrogens with zero attached hydrogens (tertiary/aromatic N) is 1. The molecule has 2 atom stereocenters. The molecule has 2 fully saturated rings. The van der Waals surface area contributed by atoms with Crippen molar-refractivity contribution < 1.29 is 14.3 Å². The van der Waals surface area contributed by atoms with E-state index in [2.05, 4.69) is 4.90 Å². The number of carbonyl (C=O) groups is 2. The van der Waals surface area contributed by atoms with Gasteiger partial charge < -0.3 is 9.64 Å². The minimum atomic E-state index is -0.125. The van der Waals surface area contributed by atoms with E-state index in [0.29, 0.717) is 19.1 Å². The first-order valence-electron chi connectivity index (χ1n) is 10.2. The van der Waals surface area contributed by atoms with E-state index < -0.39 is 0 Å². The van der Waals surface area contributed by atoms with E-state index in [1.54, 1.807) is 0 Å². The van der Waals surface area contributed by atoms with Crippen molar-refractivity contribution in [3.63, 3.8) is 0 Å². The number of benzene rings is 1. The lowest BCUT2D eigenvalue weighted by Crippen LogP contribution is -2.49. The molecule has 0 spiro atoms. The Morgan fingerprint density at radius 1 is 1.00 bits per heavy atom. The molecule has 0 unspecified atom stereocenters. The predicted molar refractivity (Wildman–Crippen MR) is 102 cm³/mol. The summed E-state index contributed by atoms with van der Waals surface area (Å²) < 4.78 is 5.18. The Bertz CT molecular complexity index is 595. The molecule has 0 N–H and O–H groups in total. The van der Waals surface area contributed by atoms with Crippen LogP contribution in [0, 0.1) is 5.92 Å². The van der Waals surface area contributed by atoms with Gasteiger partial charge in [0.05, 0.1) is 13.0 Å². The highest BCUT2D eigenvalue weighted by Gasteiger charge is 2.39. The van der Waals surface area contributed by atoms with Crippen molar-refractivity contribution in [2.45, 2.75) is 76.8 Å². The van der Waals surface area contributed by atoms with Crippen LogP contribution in [0.1, 0.15) is 75.1 Å². The SMILES string of the molecule is CCOC(=O)C[C@H]1CCC[C@@H]1N(C(=O)c1ccccc1)C1CCCCC1. The zero-order chi connectivity index (χ0) is 18.4. The number of hydrogen-bond acceptors (Lipinski definition) is 3. The summed E-state index contributed by atoms with van der Waals surface area (Å²) in [5.41, 5.74) is 0.764. The Morgan fingerprint density at radius 3 is 2.42 bits per heavy atom. The van der Waals surface area contributed by atoms with E-state index in [1.807, 2.05) is 37.3 Å². The predicted octanol–water partition coefficient (Wildman–Crippen LogP) is 4.58. The quantitative estimate of drug-likeness (QED) is 0.700. The molecule has 2 aliphatic carbocycles. The number of amides is 1. The molecule has 142 valence electrons. The summed E-state index contributed by atoms with van der Waals surface area (Å²) in [6, 6.07) is 10.1. The molecule has 0 saturated heterocycles. The Kier molecular flexibility index (Phi) is 6.70. The van der Waals surface area contributed by atoms with Gasteiger partial charge in [0, 0.05) is 17.6 Å². The lowest BCUT2D eigenvalue weighted by molar-refractivity contribution is -0.144. The van der Waals surface area contributed by atoms with Gasteiger partial charge in [-0.2, -0.15) is 0 Å². The van der Waals surface area contributed by atoms with Crippen LogP contribution >= 0.6 is 0 Å². The first kappa shape index (κ1) is 18.9. The molecule has 0 radical (unpaired) electrons. The molecule has 0 bridgehead atoms. The number of esters is 1. The van der Waals surface area contributed by atoms with Crippen molar-refractivity contribution in [2.24, 2.45) is 5.92 Å². The Balaban J connectivity index is 1.82. The van der Waals surface area contributed by atoms with Crippen LogP contribution < -0.4 is 0 Å². The van der Waals surface area contributed by atoms with Crippen LogP contribution in [0.3, 0.4) is 0 Å². The van der Waals surface area contributed by atoms with Crippen LogP contribution in [0.5, 0.6) is 0 Å². The Labute approximate surface area is 156 Å². The van der Waals surface area contributed by atoms with Crippen molar-refractivity contribution in [1.29, 1.82) is 0 Å². The van der Waals surface area contributed by atoms with Gasteiger partial charge in [-0.3, -0.25) is 9.59 Å². The standard InChI is InChI=1S/C22H31NO3/c1-2-26-21(24)16-18-12-9-15-20(18)23(19-13-7-4-8-14-19)22(25)17-10-5-3-6-11-17/h3,5-6,10-11,18-20H,2,4,7-9,12-16H2,1H3/t18-,20+/m1/s1. The van der Waals surface area contributed by atoms with Gasteiger partial charge in [0.2, 0.25) is 0 Å². The molecule has 0 heterocycles. The monoisotopic (exact) mass is 357 g/mol. The van der Waals surface area contributed by atoms with E-state index >= 15 is 0 Å². The number of carbonyl (C=O) groups excluding carboxylic acids is 2. The molecular formula is C22H31NO3. The summed E-state index contributed by atoms with van der Waals surface area (Å²) >= 11 is 0. The maximum atomic E-state index is 13.4. The van der Waals surface area contributed by atoms with Gasteiger partial charge in [-0.1, -0.05) is 43.9 Å². The third-order valence-corrected chi connectivity index (χ3v) is 5.93. The summed E-state index contributed by atoms with van der Waals surface area (Å²) in [5, 5.41) is 0. The molecular weight excluding hydrogens is 326 g/mol. The maximum Gasteiger partial charge on any atom is 0.306 e. The second-order valence-electron chi connectivity index (χ2n) is 7.64. The van der Waals surface area contributed by atoms with Crippen LogP contribution in [-0.4, -0.2) is 35.5 Å². The van der Waals surface area contributed by atoms with E-state index in [9.17, 15) is 9.59 Å². The second kappa shape index (κ2) is 9.20. The van der Waals surface area contributed by atoms with Crippen molar-refractivity contribution in [3.05, 3.63) is 35.9 Å². The third-order valence-electron chi connectivity index (χ3n) is 5.93. The van der Waals surface area contributed by atoms with Crippen LogP contribution in [0.2, 0.25) is 0 Å². The third kappa shape index (κ3) is 4.46. The van der Waals surface area contributed by atoms with Gasteiger partial charge >= 0.3 is 5.97 Å². The highest BCUT2D eigenvalue weighted by molar-refractivity contribution is 5.94. The summed E-state index contributed by atoms with van der Waals surface area (Å²) in [4.78, 5) is 27.6. The summed E-state index contributed by atoms with van der Waals surface area (Å²) in [5.74, 6) is 0.238. The average molecular weight is 357 g/mol. The van der Waals surface area contributed by atoms with E-state index in [0.717, 1.165) is 37.7 Å². The zero-order valence-electron chi connectivity index (χ0n) is 15.9. The van der Waals surface area contributed by atoms with Gasteiger partial charge in [-0.05, 0) is 50.7 Å². The van der Waals surface area contributed by atoms with E-state index in [-0.39, 0.29) is 23.8 Å². The van der Waals surface area contributed by atoms with E-state index in [4.69, 9.17) is 4.74 Å². The van der Waals surface area contributed by atoms with Crippen LogP contribution in [0.15, 0.2) is 30.3 Å². The molecule has 1 aromatic rings. The number of rotatable bonds is 6. The summed E-state index contributed by atoms with van der Waals surface area (Å²) in [6.07, 6.45) is 9.35. The Morgan fingerprint density at radius 2 is 1.73 bits per heavy atom. The average Bonchev–Trinajstić information content (AvgIpc) is 3.11. The number of ether oxygens (including phenoxy) is 1. The minimum absolute atomic E-state index is 0.125. The largest absolute Gasteiger partial charge is 0.466 e. The molecule has 0 aliphatic heterocycles. The molecule has 2 saturated carbocycles. The second-order valence-corrected chi connectivity index (χ2v) is 7.64. The molecule has 26 heavy (non-hydrogen) atoms. The minimum Gasteiger partial charge on any atom is -0.466 e. The molecule has 1 aromatic carbocycles. The van der Waals surface area contributed by atoms with Crippen molar-refractivity contribution in [3.8, 4) is 0 Å². The van der Waals surface area contributed by atoms with Crippen LogP contribution in [0.4, 0.5) is 0 Å². The highest BCUT2D eigenvalue weighted by atomic mass is 16.5. The van der Waals surface area contributed by atoms with Crippen molar-refractivity contribution in [2.75, 3.05) is 6.61 Å². The molecule has 0 aromatic heterocycles. The molecule has 3 rings (SSSR count). The van der Waals surface area contributed by atoms with Gasteiger partial charge in [-0.15, -0.1) is 0 Å². The van der Waals surface area contributed by atoms with Crippen LogP contribution in [0.25, 0.3) is 0 Å². The molecule has 2 aliphatic rings. The highest BCUT2D eigenvalue weighted by Crippen LogP contribution is 2.37. The van der Waals surface area contributed by atoms with Gasteiger partial charge in [0.1, 0.15) is 0 Å². The fourth-order valence-corrected chi connectivity index (χ4v) is 4.73. The smallest absolute Gasteiger partial charge is 0.306 e. The molecule has 4 heteroatoms. The topological polar surface area (TPSA) is 46.6 Å². The van der Waals surface area contributed by atoms with Crippen molar-refractivity contribution in [1.82, 2.24) is 4.90 Å². The lowest BCUT2D eigenvalue weighted by atomic mass is 9.89. The van der Waals surface area contributed by atoms with Crippen molar-refractivity contribution >= 4 is 11.9 Å². The van der Waals surface area contributed by atoms with E-state index in [1.165, 1.54) is 19.3 Å². The first-order chi connectivity index (χ1) is 12.7. The normalized spacial score (nSPS) is 23.6. The number of hydrogen-bond donors (Lipinski definition) is 0. The fourth-order valence-electron chi connectivity index (χ4n) is 4.73. The fraction of sp³-hybridized carbons (Fsp3) is 0.636. The van der Waals surface area contributed by atoms with Gasteiger partial charge in [-0.25, -0.2) is 0 Å².